The van der Waals surface area contributed by atoms with Crippen LogP contribution in [0.2, 0.25) is 0 Å². The first-order valence-electron chi connectivity index (χ1n) is 8.28. The van der Waals surface area contributed by atoms with E-state index >= 15 is 0 Å². The van der Waals surface area contributed by atoms with Crippen LogP contribution in [0.1, 0.15) is 40.0 Å². The summed E-state index contributed by atoms with van der Waals surface area (Å²) in [7, 11) is 0. The Kier molecular flexibility index (Phi) is 4.16. The molecule has 3 aliphatic heterocycles. The quantitative estimate of drug-likeness (QED) is 0.847. The van der Waals surface area contributed by atoms with Gasteiger partial charge in [-0.2, -0.15) is 0 Å². The highest BCUT2D eigenvalue weighted by Crippen LogP contribution is 2.38. The fraction of sp³-hybridized carbons (Fsp3) is 1.00. The molecule has 0 aromatic rings. The zero-order valence-electron chi connectivity index (χ0n) is 12.8. The summed E-state index contributed by atoms with van der Waals surface area (Å²) in [5, 5.41) is 3.59. The molecule has 3 aliphatic rings. The van der Waals surface area contributed by atoms with Crippen molar-refractivity contribution in [3.63, 3.8) is 0 Å². The number of rotatable bonds is 3. The third kappa shape index (κ3) is 2.57. The van der Waals surface area contributed by atoms with E-state index in [4.69, 9.17) is 4.74 Å². The second kappa shape index (κ2) is 5.71. The van der Waals surface area contributed by atoms with E-state index < -0.39 is 0 Å². The lowest BCUT2D eigenvalue weighted by Crippen LogP contribution is -2.47. The van der Waals surface area contributed by atoms with Gasteiger partial charge in [0, 0.05) is 25.2 Å². The molecular weight excluding hydrogens is 236 g/mol. The van der Waals surface area contributed by atoms with Crippen LogP contribution in [-0.4, -0.2) is 49.3 Å². The van der Waals surface area contributed by atoms with E-state index in [1.54, 1.807) is 0 Å². The molecule has 0 aromatic heterocycles. The largest absolute Gasteiger partial charge is 0.378 e. The third-order valence-corrected chi connectivity index (χ3v) is 5.68. The van der Waals surface area contributed by atoms with Crippen molar-refractivity contribution in [2.45, 2.75) is 58.2 Å². The van der Waals surface area contributed by atoms with Crippen LogP contribution in [0.5, 0.6) is 0 Å². The van der Waals surface area contributed by atoms with Crippen LogP contribution in [0, 0.1) is 17.8 Å². The Morgan fingerprint density at radius 1 is 1.32 bits per heavy atom. The lowest BCUT2D eigenvalue weighted by atomic mass is 9.91. The van der Waals surface area contributed by atoms with E-state index in [-0.39, 0.29) is 0 Å². The molecule has 3 rings (SSSR count). The maximum atomic E-state index is 5.95. The molecule has 5 unspecified atom stereocenters. The second-order valence-corrected chi connectivity index (χ2v) is 7.09. The van der Waals surface area contributed by atoms with Gasteiger partial charge in [0.25, 0.3) is 0 Å². The first kappa shape index (κ1) is 13.8. The van der Waals surface area contributed by atoms with Crippen molar-refractivity contribution >= 4 is 0 Å². The van der Waals surface area contributed by atoms with Gasteiger partial charge in [0.05, 0.1) is 6.10 Å². The molecule has 0 spiro atoms. The minimum absolute atomic E-state index is 0.481. The van der Waals surface area contributed by atoms with Gasteiger partial charge in [-0.3, -0.25) is 4.90 Å². The fourth-order valence-electron chi connectivity index (χ4n) is 4.59. The number of ether oxygens (including phenoxy) is 1. The third-order valence-electron chi connectivity index (χ3n) is 5.68. The first-order valence-corrected chi connectivity index (χ1v) is 8.28. The van der Waals surface area contributed by atoms with E-state index in [9.17, 15) is 0 Å². The van der Waals surface area contributed by atoms with Gasteiger partial charge < -0.3 is 10.1 Å². The van der Waals surface area contributed by atoms with E-state index in [1.165, 1.54) is 38.9 Å². The van der Waals surface area contributed by atoms with Crippen LogP contribution in [0.15, 0.2) is 0 Å². The summed E-state index contributed by atoms with van der Waals surface area (Å²) in [4.78, 5) is 2.86. The Labute approximate surface area is 118 Å². The number of fused-ring (bicyclic) bond motifs is 1. The molecule has 110 valence electrons. The Morgan fingerprint density at radius 2 is 2.16 bits per heavy atom. The lowest BCUT2D eigenvalue weighted by molar-refractivity contribution is -0.0527. The smallest absolute Gasteiger partial charge is 0.0612 e. The second-order valence-electron chi connectivity index (χ2n) is 7.09. The van der Waals surface area contributed by atoms with Crippen molar-refractivity contribution in [2.24, 2.45) is 17.8 Å². The molecule has 3 heterocycles. The minimum atomic E-state index is 0.481. The molecule has 3 heteroatoms. The Bertz CT molecular complexity index is 307. The summed E-state index contributed by atoms with van der Waals surface area (Å²) in [6.07, 6.45) is 4.29. The van der Waals surface area contributed by atoms with E-state index in [0.29, 0.717) is 12.0 Å². The van der Waals surface area contributed by atoms with E-state index in [0.717, 1.165) is 30.5 Å². The molecule has 5 atom stereocenters. The van der Waals surface area contributed by atoms with Crippen LogP contribution in [0.3, 0.4) is 0 Å². The van der Waals surface area contributed by atoms with Crippen molar-refractivity contribution in [1.29, 1.82) is 0 Å². The fourth-order valence-corrected chi connectivity index (χ4v) is 4.59. The predicted octanol–water partition coefficient (Wildman–Crippen LogP) is 2.12. The summed E-state index contributed by atoms with van der Waals surface area (Å²) in [6.45, 7) is 11.8. The topological polar surface area (TPSA) is 24.5 Å². The molecule has 3 fully saturated rings. The zero-order chi connectivity index (χ0) is 13.4. The maximum Gasteiger partial charge on any atom is 0.0612 e. The molecule has 0 bridgehead atoms. The van der Waals surface area contributed by atoms with Crippen molar-refractivity contribution in [2.75, 3.05) is 26.2 Å². The molecule has 3 saturated heterocycles. The lowest BCUT2D eigenvalue weighted by Gasteiger charge is -2.40. The maximum absolute atomic E-state index is 5.95. The van der Waals surface area contributed by atoms with E-state index in [1.807, 2.05) is 0 Å². The normalized spacial score (nSPS) is 43.9. The van der Waals surface area contributed by atoms with Gasteiger partial charge in [0.15, 0.2) is 0 Å². The summed E-state index contributed by atoms with van der Waals surface area (Å²) < 4.78 is 5.95. The average Bonchev–Trinajstić information content (AvgIpc) is 2.98. The molecule has 3 nitrogen and oxygen atoms in total. The van der Waals surface area contributed by atoms with Gasteiger partial charge >= 0.3 is 0 Å². The van der Waals surface area contributed by atoms with Crippen LogP contribution in [0.25, 0.3) is 0 Å². The minimum Gasteiger partial charge on any atom is -0.378 e. The van der Waals surface area contributed by atoms with Crippen LogP contribution >= 0.6 is 0 Å². The molecular formula is C16H30N2O. The molecule has 0 aromatic carbocycles. The molecule has 1 N–H and O–H groups in total. The van der Waals surface area contributed by atoms with Crippen molar-refractivity contribution in [1.82, 2.24) is 10.2 Å². The highest BCUT2D eigenvalue weighted by molar-refractivity contribution is 5.00. The number of nitrogens with one attached hydrogen (secondary N) is 1. The van der Waals surface area contributed by atoms with Crippen molar-refractivity contribution < 1.29 is 4.74 Å². The molecule has 0 saturated carbocycles. The Balaban J connectivity index is 1.67. The standard InChI is InChI=1S/C16H30N2O/c1-4-15-14-9-17-8-12(14)10-18(15)13-5-6-19-16(7-13)11(2)3/h11-17H,4-10H2,1-3H3. The van der Waals surface area contributed by atoms with Gasteiger partial charge in [-0.15, -0.1) is 0 Å². The number of hydrogen-bond donors (Lipinski definition) is 1. The average molecular weight is 266 g/mol. The highest BCUT2D eigenvalue weighted by Gasteiger charge is 2.46. The summed E-state index contributed by atoms with van der Waals surface area (Å²) in [6, 6.07) is 1.59. The predicted molar refractivity (Wildman–Crippen MR) is 78.2 cm³/mol. The number of hydrogen-bond acceptors (Lipinski definition) is 3. The Morgan fingerprint density at radius 3 is 2.89 bits per heavy atom. The molecule has 0 radical (unpaired) electrons. The van der Waals surface area contributed by atoms with Gasteiger partial charge in [0.1, 0.15) is 0 Å². The van der Waals surface area contributed by atoms with Gasteiger partial charge in [-0.25, -0.2) is 0 Å². The van der Waals surface area contributed by atoms with Crippen molar-refractivity contribution in [3.8, 4) is 0 Å². The van der Waals surface area contributed by atoms with Crippen LogP contribution in [-0.2, 0) is 4.74 Å². The Hall–Kier alpha value is -0.120. The van der Waals surface area contributed by atoms with Gasteiger partial charge in [-0.1, -0.05) is 20.8 Å². The number of nitrogens with zero attached hydrogens (tertiary/aromatic N) is 1. The van der Waals surface area contributed by atoms with E-state index in [2.05, 4.69) is 31.0 Å². The molecule has 19 heavy (non-hydrogen) atoms. The van der Waals surface area contributed by atoms with Gasteiger partial charge in [0.2, 0.25) is 0 Å². The summed E-state index contributed by atoms with van der Waals surface area (Å²) in [5.41, 5.74) is 0. The van der Waals surface area contributed by atoms with Gasteiger partial charge in [-0.05, 0) is 50.1 Å². The monoisotopic (exact) mass is 266 g/mol. The summed E-state index contributed by atoms with van der Waals surface area (Å²) >= 11 is 0. The molecule has 0 aliphatic carbocycles. The first-order chi connectivity index (χ1) is 9.20. The zero-order valence-corrected chi connectivity index (χ0v) is 12.8. The number of likely N-dealkylation sites (tertiary alicyclic amines) is 1. The summed E-state index contributed by atoms with van der Waals surface area (Å²) in [5.74, 6) is 2.47. The van der Waals surface area contributed by atoms with Crippen LogP contribution < -0.4 is 5.32 Å². The highest BCUT2D eigenvalue weighted by atomic mass is 16.5. The SMILES string of the molecule is CCC1C2CNCC2CN1C1CCOC(C(C)C)C1. The van der Waals surface area contributed by atoms with Crippen molar-refractivity contribution in [3.05, 3.63) is 0 Å². The van der Waals surface area contributed by atoms with Crippen LogP contribution in [0.4, 0.5) is 0 Å². The molecule has 0 amide bonds.